The summed E-state index contributed by atoms with van der Waals surface area (Å²) in [6.45, 7) is 8.08. The first kappa shape index (κ1) is 17.5. The summed E-state index contributed by atoms with van der Waals surface area (Å²) in [6, 6.07) is 0. The molecule has 0 amide bonds. The van der Waals surface area contributed by atoms with Crippen LogP contribution >= 0.6 is 0 Å². The summed E-state index contributed by atoms with van der Waals surface area (Å²) in [5.41, 5.74) is 0. The average molecular weight is 209 g/mol. The summed E-state index contributed by atoms with van der Waals surface area (Å²) >= 11 is 0. The molecule has 0 aliphatic heterocycles. The van der Waals surface area contributed by atoms with Crippen LogP contribution in [0.4, 0.5) is 0 Å². The molecule has 0 heterocycles. The molecule has 0 bridgehead atoms. The standard InChI is InChI=1S/C5H9O.C3H5O2.V/c1-4(2)5(3)6;1-3(4)5-2;/h1-3H3;1H2,2H3;/q2*-1;+2. The summed E-state index contributed by atoms with van der Waals surface area (Å²) in [6.07, 6.45) is 0. The van der Waals surface area contributed by atoms with Crippen molar-refractivity contribution in [1.82, 2.24) is 0 Å². The number of ether oxygens (including phenoxy) is 1. The van der Waals surface area contributed by atoms with Gasteiger partial charge in [-0.05, 0) is 12.7 Å². The predicted octanol–water partition coefficient (Wildman–Crippen LogP) is 1.18. The second-order valence-corrected chi connectivity index (χ2v) is 2.13. The molecule has 0 aromatic rings. The zero-order chi connectivity index (χ0) is 9.44. The van der Waals surface area contributed by atoms with E-state index in [9.17, 15) is 9.59 Å². The Balaban J connectivity index is -0.000000126. The third-order valence-corrected chi connectivity index (χ3v) is 0.932. The van der Waals surface area contributed by atoms with Crippen molar-refractivity contribution in [1.29, 1.82) is 0 Å². The van der Waals surface area contributed by atoms with Crippen molar-refractivity contribution in [3.05, 3.63) is 12.8 Å². The molecule has 0 spiro atoms. The van der Waals surface area contributed by atoms with E-state index in [-0.39, 0.29) is 24.3 Å². The molecule has 0 aliphatic carbocycles. The minimum Gasteiger partial charge on any atom is -0.492 e. The maximum Gasteiger partial charge on any atom is 2.00 e. The minimum absolute atomic E-state index is 0. The molecule has 0 fully saturated rings. The number of carbonyl (C=O) groups excluding carboxylic acids is 2. The van der Waals surface area contributed by atoms with Gasteiger partial charge in [-0.25, -0.2) is 0 Å². The molecule has 0 saturated carbocycles. The smallest absolute Gasteiger partial charge is 0.492 e. The number of carbonyl (C=O) groups is 2. The quantitative estimate of drug-likeness (QED) is 0.481. The molecule has 3 nitrogen and oxygen atoms in total. The van der Waals surface area contributed by atoms with E-state index in [0.29, 0.717) is 0 Å². The molecule has 0 saturated heterocycles. The van der Waals surface area contributed by atoms with Crippen LogP contribution in [0.3, 0.4) is 0 Å². The van der Waals surface area contributed by atoms with E-state index in [1.54, 1.807) is 6.92 Å². The Bertz CT molecular complexity index is 132. The Hall–Kier alpha value is -0.536. The molecule has 0 unspecified atom stereocenters. The van der Waals surface area contributed by atoms with Crippen LogP contribution in [0.2, 0.25) is 0 Å². The van der Waals surface area contributed by atoms with E-state index in [0.717, 1.165) is 5.92 Å². The molecule has 0 rings (SSSR count). The van der Waals surface area contributed by atoms with E-state index < -0.39 is 5.97 Å². The molecule has 69 valence electrons. The Kier molecular flexibility index (Phi) is 15.3. The van der Waals surface area contributed by atoms with Crippen molar-refractivity contribution in [3.63, 3.8) is 0 Å². The number of methoxy groups -OCH3 is 1. The van der Waals surface area contributed by atoms with Crippen molar-refractivity contribution < 1.29 is 32.9 Å². The molecule has 4 heteroatoms. The second-order valence-electron chi connectivity index (χ2n) is 2.13. The van der Waals surface area contributed by atoms with Crippen LogP contribution < -0.4 is 0 Å². The summed E-state index contributed by atoms with van der Waals surface area (Å²) in [5, 5.41) is 0. The van der Waals surface area contributed by atoms with Gasteiger partial charge < -0.3 is 15.4 Å². The fraction of sp³-hybridized carbons (Fsp3) is 0.500. The van der Waals surface area contributed by atoms with Gasteiger partial charge in [-0.1, -0.05) is 0 Å². The summed E-state index contributed by atoms with van der Waals surface area (Å²) < 4.78 is 4.00. The Morgan fingerprint density at radius 2 is 1.50 bits per heavy atom. The summed E-state index contributed by atoms with van der Waals surface area (Å²) in [7, 11) is 1.29. The normalized spacial score (nSPS) is 6.67. The molecule has 12 heavy (non-hydrogen) atoms. The van der Waals surface area contributed by atoms with E-state index in [1.807, 2.05) is 13.8 Å². The molecule has 0 N–H and O–H groups in total. The van der Waals surface area contributed by atoms with Gasteiger partial charge in [-0.2, -0.15) is 13.8 Å². The molecule has 0 aromatic heterocycles. The zero-order valence-electron chi connectivity index (χ0n) is 7.88. The van der Waals surface area contributed by atoms with E-state index >= 15 is 0 Å². The monoisotopic (exact) mass is 209 g/mol. The number of ketones is 1. The fourth-order valence-electron chi connectivity index (χ4n) is 0. The number of hydrogen-bond acceptors (Lipinski definition) is 3. The Labute approximate surface area is 85.7 Å². The van der Waals surface area contributed by atoms with Crippen molar-refractivity contribution in [2.45, 2.75) is 20.8 Å². The van der Waals surface area contributed by atoms with Gasteiger partial charge in [0.15, 0.2) is 5.97 Å². The predicted molar refractivity (Wildman–Crippen MR) is 42.6 cm³/mol. The average Bonchev–Trinajstić information content (AvgIpc) is 1.89. The van der Waals surface area contributed by atoms with Gasteiger partial charge in [0.05, 0.1) is 7.11 Å². The molecular formula is C8H14O3V. The van der Waals surface area contributed by atoms with Crippen LogP contribution in [-0.4, -0.2) is 18.9 Å². The van der Waals surface area contributed by atoms with E-state index in [2.05, 4.69) is 11.7 Å². The van der Waals surface area contributed by atoms with Crippen LogP contribution in [0.5, 0.6) is 0 Å². The first-order valence-corrected chi connectivity index (χ1v) is 3.12. The molecule has 1 radical (unpaired) electrons. The molecular weight excluding hydrogens is 195 g/mol. The summed E-state index contributed by atoms with van der Waals surface area (Å²) in [4.78, 5) is 19.6. The van der Waals surface area contributed by atoms with Crippen molar-refractivity contribution in [3.8, 4) is 0 Å². The Morgan fingerprint density at radius 3 is 1.50 bits per heavy atom. The SMILES string of the molecule is CC(=O)[C-](C)C.[CH2-]C(=O)OC.[V+2]. The van der Waals surface area contributed by atoms with Crippen LogP contribution in [0.15, 0.2) is 0 Å². The molecule has 0 aromatic carbocycles. The van der Waals surface area contributed by atoms with Crippen LogP contribution in [0, 0.1) is 12.8 Å². The summed E-state index contributed by atoms with van der Waals surface area (Å²) in [5.74, 6) is 0.551. The topological polar surface area (TPSA) is 43.4 Å². The van der Waals surface area contributed by atoms with Crippen LogP contribution in [0.25, 0.3) is 0 Å². The molecule has 0 aliphatic rings. The van der Waals surface area contributed by atoms with Crippen LogP contribution in [0.1, 0.15) is 20.8 Å². The Morgan fingerprint density at radius 1 is 1.33 bits per heavy atom. The fourth-order valence-corrected chi connectivity index (χ4v) is 0. The first-order valence-electron chi connectivity index (χ1n) is 3.12. The van der Waals surface area contributed by atoms with Crippen LogP contribution in [-0.2, 0) is 32.9 Å². The van der Waals surface area contributed by atoms with Gasteiger partial charge in [-0.3, -0.25) is 11.7 Å². The van der Waals surface area contributed by atoms with Crippen molar-refractivity contribution >= 4 is 11.8 Å². The van der Waals surface area contributed by atoms with Gasteiger partial charge >= 0.3 is 18.6 Å². The van der Waals surface area contributed by atoms with Gasteiger partial charge in [-0.15, -0.1) is 0 Å². The largest absolute Gasteiger partial charge is 2.00 e. The van der Waals surface area contributed by atoms with E-state index in [4.69, 9.17) is 0 Å². The van der Waals surface area contributed by atoms with E-state index in [1.165, 1.54) is 7.11 Å². The number of Topliss-reactive ketones (excluding diaryl/α,β-unsaturated/α-hetero) is 1. The zero-order valence-corrected chi connectivity index (χ0v) is 9.28. The number of hydrogen-bond donors (Lipinski definition) is 0. The van der Waals surface area contributed by atoms with Gasteiger partial charge in [0.2, 0.25) is 0 Å². The van der Waals surface area contributed by atoms with Crippen molar-refractivity contribution in [2.24, 2.45) is 0 Å². The second kappa shape index (κ2) is 10.5. The first-order chi connectivity index (χ1) is 4.91. The number of esters is 1. The number of rotatable bonds is 1. The van der Waals surface area contributed by atoms with Gasteiger partial charge in [0.25, 0.3) is 0 Å². The van der Waals surface area contributed by atoms with Gasteiger partial charge in [0.1, 0.15) is 0 Å². The maximum absolute atomic E-state index is 10.1. The third kappa shape index (κ3) is 22.7. The van der Waals surface area contributed by atoms with Gasteiger partial charge in [0, 0.05) is 0 Å². The molecule has 0 atom stereocenters. The maximum atomic E-state index is 10.1. The van der Waals surface area contributed by atoms with Crippen molar-refractivity contribution in [2.75, 3.05) is 7.11 Å². The minimum atomic E-state index is -0.495. The third-order valence-electron chi connectivity index (χ3n) is 0.932.